The molecule has 36 heavy (non-hydrogen) atoms. The number of anilines is 1. The van der Waals surface area contributed by atoms with Crippen LogP contribution in [0.4, 0.5) is 5.00 Å². The van der Waals surface area contributed by atoms with Crippen LogP contribution in [0.25, 0.3) is 10.9 Å². The molecule has 8 nitrogen and oxygen atoms in total. The number of nitriles is 1. The molecule has 188 valence electrons. The number of ether oxygens (including phenoxy) is 1. The molecule has 1 N–H and O–H groups in total. The molecular weight excluding hydrogens is 496 g/mol. The monoisotopic (exact) mass is 524 g/mol. The summed E-state index contributed by atoms with van der Waals surface area (Å²) in [6, 6.07) is 9.34. The maximum absolute atomic E-state index is 13.0. The van der Waals surface area contributed by atoms with Gasteiger partial charge in [0.2, 0.25) is 0 Å². The van der Waals surface area contributed by atoms with E-state index in [1.807, 2.05) is 6.07 Å². The number of hydrogen-bond donors (Lipinski definition) is 1. The highest BCUT2D eigenvalue weighted by atomic mass is 32.2. The van der Waals surface area contributed by atoms with Gasteiger partial charge >= 0.3 is 5.97 Å². The summed E-state index contributed by atoms with van der Waals surface area (Å²) in [5, 5.41) is 13.8. The van der Waals surface area contributed by atoms with Crippen LogP contribution in [-0.4, -0.2) is 33.8 Å². The summed E-state index contributed by atoms with van der Waals surface area (Å²) in [5.74, 6) is -0.753. The van der Waals surface area contributed by atoms with Gasteiger partial charge in [-0.15, -0.1) is 11.3 Å². The lowest BCUT2D eigenvalue weighted by Gasteiger charge is -2.14. The number of thiophene rings is 1. The van der Waals surface area contributed by atoms with Crippen LogP contribution in [-0.2, 0) is 33.7 Å². The number of rotatable bonds is 9. The van der Waals surface area contributed by atoms with Crippen LogP contribution in [0.3, 0.4) is 0 Å². The number of benzene rings is 1. The van der Waals surface area contributed by atoms with E-state index in [4.69, 9.17) is 4.74 Å². The van der Waals surface area contributed by atoms with Gasteiger partial charge in [0, 0.05) is 11.4 Å². The van der Waals surface area contributed by atoms with E-state index < -0.39 is 18.5 Å². The number of amides is 1. The third-order valence-electron chi connectivity index (χ3n) is 5.98. The van der Waals surface area contributed by atoms with Crippen LogP contribution < -0.4 is 10.9 Å². The van der Waals surface area contributed by atoms with Gasteiger partial charge in [-0.1, -0.05) is 37.7 Å². The topological polar surface area (TPSA) is 114 Å². The molecule has 2 aromatic heterocycles. The normalized spacial score (nSPS) is 12.8. The number of carbonyl (C=O) groups is 2. The number of para-hydroxylation sites is 1. The lowest BCUT2D eigenvalue weighted by Crippen LogP contribution is -2.25. The Balaban J connectivity index is 1.37. The second-order valence-electron chi connectivity index (χ2n) is 9.08. The highest BCUT2D eigenvalue weighted by molar-refractivity contribution is 7.99. The lowest BCUT2D eigenvalue weighted by atomic mass is 9.96. The van der Waals surface area contributed by atoms with E-state index in [2.05, 4.69) is 30.2 Å². The number of hydrogen-bond acceptors (Lipinski definition) is 8. The first-order valence-corrected chi connectivity index (χ1v) is 13.8. The van der Waals surface area contributed by atoms with Gasteiger partial charge in [0.25, 0.3) is 11.5 Å². The Labute approximate surface area is 217 Å². The van der Waals surface area contributed by atoms with Crippen LogP contribution in [0.1, 0.15) is 49.1 Å². The van der Waals surface area contributed by atoms with Gasteiger partial charge in [0.1, 0.15) is 11.1 Å². The number of fused-ring (bicyclic) bond motifs is 2. The molecular formula is C26H28N4O4S2. The summed E-state index contributed by atoms with van der Waals surface area (Å²) in [5.41, 5.74) is 1.99. The second-order valence-corrected chi connectivity index (χ2v) is 11.1. The van der Waals surface area contributed by atoms with E-state index in [0.29, 0.717) is 39.1 Å². The fourth-order valence-electron chi connectivity index (χ4n) is 4.09. The summed E-state index contributed by atoms with van der Waals surface area (Å²) in [6.45, 7) is 4.22. The van der Waals surface area contributed by atoms with Crippen molar-refractivity contribution in [3.63, 3.8) is 0 Å². The predicted octanol–water partition coefficient (Wildman–Crippen LogP) is 4.53. The zero-order valence-corrected chi connectivity index (χ0v) is 22.0. The van der Waals surface area contributed by atoms with Crippen molar-refractivity contribution in [3.8, 4) is 6.07 Å². The molecule has 0 radical (unpaired) electrons. The summed E-state index contributed by atoms with van der Waals surface area (Å²) in [4.78, 5) is 43.6. The first-order valence-electron chi connectivity index (χ1n) is 12.0. The van der Waals surface area contributed by atoms with Crippen molar-refractivity contribution in [2.75, 3.05) is 17.7 Å². The maximum atomic E-state index is 13.0. The van der Waals surface area contributed by atoms with Gasteiger partial charge in [-0.05, 0) is 55.7 Å². The van der Waals surface area contributed by atoms with Crippen LogP contribution >= 0.6 is 23.1 Å². The molecule has 0 saturated carbocycles. The Hall–Kier alpha value is -3.16. The van der Waals surface area contributed by atoms with E-state index in [0.717, 1.165) is 54.3 Å². The minimum absolute atomic E-state index is 0.0868. The predicted molar refractivity (Wildman–Crippen MR) is 141 cm³/mol. The molecule has 1 amide bonds. The smallest absolute Gasteiger partial charge is 0.316 e. The van der Waals surface area contributed by atoms with Crippen LogP contribution in [0.2, 0.25) is 0 Å². The van der Waals surface area contributed by atoms with E-state index >= 15 is 0 Å². The molecule has 0 atom stereocenters. The first kappa shape index (κ1) is 25.9. The Kier molecular flexibility index (Phi) is 8.44. The summed E-state index contributed by atoms with van der Waals surface area (Å²) >= 11 is 2.55. The molecule has 0 bridgehead atoms. The molecule has 0 unspecified atom stereocenters. The van der Waals surface area contributed by atoms with E-state index in [-0.39, 0.29) is 11.3 Å². The number of nitrogens with zero attached hydrogens (tertiary/aromatic N) is 3. The molecule has 0 aliphatic heterocycles. The van der Waals surface area contributed by atoms with Crippen molar-refractivity contribution >= 4 is 50.9 Å². The molecule has 0 saturated heterocycles. The summed E-state index contributed by atoms with van der Waals surface area (Å²) in [7, 11) is 0. The fourth-order valence-corrected chi connectivity index (χ4v) is 6.17. The average Bonchev–Trinajstić information content (AvgIpc) is 3.22. The minimum Gasteiger partial charge on any atom is -0.455 e. The van der Waals surface area contributed by atoms with E-state index in [9.17, 15) is 19.6 Å². The molecule has 2 heterocycles. The lowest BCUT2D eigenvalue weighted by molar-refractivity contribution is -0.144. The van der Waals surface area contributed by atoms with Crippen LogP contribution in [0.5, 0.6) is 0 Å². The van der Waals surface area contributed by atoms with E-state index in [1.54, 1.807) is 22.8 Å². The number of aromatic nitrogens is 2. The van der Waals surface area contributed by atoms with Gasteiger partial charge in [-0.25, -0.2) is 4.98 Å². The van der Waals surface area contributed by atoms with Crippen molar-refractivity contribution in [2.24, 2.45) is 5.92 Å². The Morgan fingerprint density at radius 1 is 1.28 bits per heavy atom. The third kappa shape index (κ3) is 5.97. The van der Waals surface area contributed by atoms with Crippen LogP contribution in [0, 0.1) is 17.2 Å². The van der Waals surface area contributed by atoms with Crippen molar-refractivity contribution in [2.45, 2.75) is 57.7 Å². The zero-order valence-electron chi connectivity index (χ0n) is 20.3. The van der Waals surface area contributed by atoms with Gasteiger partial charge < -0.3 is 10.1 Å². The van der Waals surface area contributed by atoms with Crippen molar-refractivity contribution in [1.82, 2.24) is 9.55 Å². The van der Waals surface area contributed by atoms with Gasteiger partial charge in [0.05, 0.1) is 22.2 Å². The maximum Gasteiger partial charge on any atom is 0.316 e. The zero-order chi connectivity index (χ0) is 25.7. The molecule has 1 aliphatic rings. The number of aryl methyl sites for hydroxylation is 1. The number of nitrogens with one attached hydrogen (secondary N) is 1. The standard InChI is InChI=1S/C26H28N4O4S2/c1-16(2)11-12-30-25(33)18-8-3-5-9-20(18)28-26(30)35-15-23(32)34-14-22(31)29-24-19(13-27)17-7-4-6-10-21(17)36-24/h3,5,8-9,16H,4,6-7,10-12,14-15H2,1-2H3,(H,29,31). The summed E-state index contributed by atoms with van der Waals surface area (Å²) < 4.78 is 6.77. The number of esters is 1. The first-order chi connectivity index (χ1) is 17.4. The number of carbonyl (C=O) groups excluding carboxylic acids is 2. The van der Waals surface area contributed by atoms with Crippen molar-refractivity contribution in [3.05, 3.63) is 50.6 Å². The van der Waals surface area contributed by atoms with Gasteiger partial charge in [-0.3, -0.25) is 19.0 Å². The van der Waals surface area contributed by atoms with Crippen molar-refractivity contribution in [1.29, 1.82) is 5.26 Å². The molecule has 0 fully saturated rings. The molecule has 1 aromatic carbocycles. The third-order valence-corrected chi connectivity index (χ3v) is 8.13. The SMILES string of the molecule is CC(C)CCn1c(SCC(=O)OCC(=O)Nc2sc3c(c2C#N)CCCC3)nc2ccccc2c1=O. The number of thioether (sulfide) groups is 1. The Bertz CT molecular complexity index is 1390. The quantitative estimate of drug-likeness (QED) is 0.248. The molecule has 10 heteroatoms. The molecule has 4 rings (SSSR count). The van der Waals surface area contributed by atoms with Gasteiger partial charge in [0.15, 0.2) is 11.8 Å². The fraction of sp³-hybridized carbons (Fsp3) is 0.423. The average molecular weight is 525 g/mol. The minimum atomic E-state index is -0.584. The highest BCUT2D eigenvalue weighted by Gasteiger charge is 2.22. The van der Waals surface area contributed by atoms with E-state index in [1.165, 1.54) is 11.3 Å². The van der Waals surface area contributed by atoms with Crippen molar-refractivity contribution < 1.29 is 14.3 Å². The molecule has 1 aliphatic carbocycles. The molecule has 0 spiro atoms. The Morgan fingerprint density at radius 2 is 2.06 bits per heavy atom. The summed E-state index contributed by atoms with van der Waals surface area (Å²) in [6.07, 6.45) is 4.69. The van der Waals surface area contributed by atoms with Crippen LogP contribution in [0.15, 0.2) is 34.2 Å². The molecule has 3 aromatic rings. The Morgan fingerprint density at radius 3 is 2.83 bits per heavy atom. The largest absolute Gasteiger partial charge is 0.455 e. The van der Waals surface area contributed by atoms with Gasteiger partial charge in [-0.2, -0.15) is 5.26 Å². The highest BCUT2D eigenvalue weighted by Crippen LogP contribution is 2.37. The second kappa shape index (κ2) is 11.7.